The molecule has 12 heteroatoms. The molecule has 0 saturated carbocycles. The fourth-order valence-electron chi connectivity index (χ4n) is 5.25. The summed E-state index contributed by atoms with van der Waals surface area (Å²) in [4.78, 5) is 13.0. The molecule has 2 aliphatic heterocycles. The topological polar surface area (TPSA) is 142 Å². The SMILES string of the molecule is COC(=O)[C@H](I)[C@@H]1[C@@H](O[C@@H]2[C@@H](O)[C@@H](OC)O[C@H](CO)[C@H]2O)O[C@@H](C)[C@H](OCc2ccccc2)[C@H]1OCc1ccccc1. The van der Waals surface area contributed by atoms with Gasteiger partial charge in [-0.1, -0.05) is 83.3 Å². The number of rotatable bonds is 12. The smallest absolute Gasteiger partial charge is 0.319 e. The normalized spacial score (nSPS) is 34.1. The molecule has 2 saturated heterocycles. The van der Waals surface area contributed by atoms with E-state index in [4.69, 9.17) is 33.2 Å². The van der Waals surface area contributed by atoms with Gasteiger partial charge in [-0.2, -0.15) is 0 Å². The number of esters is 1. The van der Waals surface area contributed by atoms with Crippen molar-refractivity contribution in [3.05, 3.63) is 71.8 Å². The zero-order valence-electron chi connectivity index (χ0n) is 23.7. The molecule has 0 aliphatic carbocycles. The fraction of sp³-hybridized carbons (Fsp3) is 0.567. The first-order valence-electron chi connectivity index (χ1n) is 13.8. The average Bonchev–Trinajstić information content (AvgIpc) is 3.01. The van der Waals surface area contributed by atoms with Crippen LogP contribution in [0.5, 0.6) is 0 Å². The second-order valence-corrected chi connectivity index (χ2v) is 11.6. The Bertz CT molecular complexity index is 1080. The number of benzene rings is 2. The van der Waals surface area contributed by atoms with E-state index in [1.807, 2.05) is 90.2 Å². The average molecular weight is 703 g/mol. The van der Waals surface area contributed by atoms with Crippen molar-refractivity contribution in [2.24, 2.45) is 5.92 Å². The van der Waals surface area contributed by atoms with E-state index in [-0.39, 0.29) is 13.2 Å². The molecular weight excluding hydrogens is 663 g/mol. The lowest BCUT2D eigenvalue weighted by Gasteiger charge is -2.49. The number of hydrogen-bond acceptors (Lipinski definition) is 11. The molecule has 11 atom stereocenters. The first-order chi connectivity index (χ1) is 20.3. The Hall–Kier alpha value is -1.72. The van der Waals surface area contributed by atoms with Crippen LogP contribution in [0, 0.1) is 5.92 Å². The van der Waals surface area contributed by atoms with Crippen LogP contribution in [0.4, 0.5) is 0 Å². The van der Waals surface area contributed by atoms with Gasteiger partial charge in [0.15, 0.2) is 12.6 Å². The number of carbonyl (C=O) groups is 1. The van der Waals surface area contributed by atoms with E-state index in [0.29, 0.717) is 0 Å². The van der Waals surface area contributed by atoms with Crippen LogP contribution >= 0.6 is 22.6 Å². The van der Waals surface area contributed by atoms with Crippen molar-refractivity contribution in [1.82, 2.24) is 0 Å². The van der Waals surface area contributed by atoms with Gasteiger partial charge in [0.25, 0.3) is 0 Å². The largest absolute Gasteiger partial charge is 0.468 e. The van der Waals surface area contributed by atoms with Gasteiger partial charge in [0.05, 0.1) is 45.1 Å². The summed E-state index contributed by atoms with van der Waals surface area (Å²) in [5.74, 6) is -1.33. The van der Waals surface area contributed by atoms with Gasteiger partial charge in [0.2, 0.25) is 0 Å². The Balaban J connectivity index is 1.67. The first kappa shape index (κ1) is 33.2. The van der Waals surface area contributed by atoms with Crippen LogP contribution in [0.3, 0.4) is 0 Å². The summed E-state index contributed by atoms with van der Waals surface area (Å²) in [5, 5.41) is 31.7. The van der Waals surface area contributed by atoms with Crippen LogP contribution in [0.25, 0.3) is 0 Å². The molecule has 4 rings (SSSR count). The highest BCUT2D eigenvalue weighted by Crippen LogP contribution is 2.39. The van der Waals surface area contributed by atoms with E-state index >= 15 is 0 Å². The zero-order valence-corrected chi connectivity index (χ0v) is 25.9. The lowest BCUT2D eigenvalue weighted by Crippen LogP contribution is -2.64. The molecule has 2 aromatic carbocycles. The van der Waals surface area contributed by atoms with Gasteiger partial charge in [-0.3, -0.25) is 4.79 Å². The summed E-state index contributed by atoms with van der Waals surface area (Å²) in [6, 6.07) is 19.3. The third-order valence-electron chi connectivity index (χ3n) is 7.51. The molecule has 2 heterocycles. The Kier molecular flexibility index (Phi) is 12.5. The van der Waals surface area contributed by atoms with Crippen LogP contribution < -0.4 is 0 Å². The molecule has 2 fully saturated rings. The van der Waals surface area contributed by atoms with E-state index in [1.165, 1.54) is 14.2 Å². The number of methoxy groups -OCH3 is 2. The van der Waals surface area contributed by atoms with E-state index in [0.717, 1.165) is 11.1 Å². The second-order valence-electron chi connectivity index (χ2n) is 10.3. The van der Waals surface area contributed by atoms with Crippen LogP contribution in [-0.2, 0) is 51.2 Å². The minimum absolute atomic E-state index is 0.220. The van der Waals surface area contributed by atoms with Gasteiger partial charge < -0.3 is 48.5 Å². The monoisotopic (exact) mass is 702 g/mol. The van der Waals surface area contributed by atoms with Crippen molar-refractivity contribution in [3.63, 3.8) is 0 Å². The number of aliphatic hydroxyl groups excluding tert-OH is 3. The summed E-state index contributed by atoms with van der Waals surface area (Å²) < 4.78 is 40.5. The van der Waals surface area contributed by atoms with Gasteiger partial charge in [-0.15, -0.1) is 0 Å². The highest BCUT2D eigenvalue weighted by molar-refractivity contribution is 14.1. The third-order valence-corrected chi connectivity index (χ3v) is 8.85. The molecule has 42 heavy (non-hydrogen) atoms. The second kappa shape index (κ2) is 15.8. The summed E-state index contributed by atoms with van der Waals surface area (Å²) in [5.41, 5.74) is 1.87. The zero-order chi connectivity index (χ0) is 30.2. The van der Waals surface area contributed by atoms with Crippen LogP contribution in [-0.4, -0.2) is 101 Å². The molecule has 11 nitrogen and oxygen atoms in total. The molecule has 0 aromatic heterocycles. The molecule has 0 radical (unpaired) electrons. The Morgan fingerprint density at radius 2 is 1.43 bits per heavy atom. The predicted molar refractivity (Wildman–Crippen MR) is 157 cm³/mol. The number of aliphatic hydroxyl groups is 3. The van der Waals surface area contributed by atoms with Crippen molar-refractivity contribution in [3.8, 4) is 0 Å². The van der Waals surface area contributed by atoms with E-state index < -0.39 is 77.7 Å². The summed E-state index contributed by atoms with van der Waals surface area (Å²) in [7, 11) is 2.62. The highest BCUT2D eigenvalue weighted by atomic mass is 127. The standard InChI is InChI=1S/C30H39IO11/c1-17-25(38-15-18-10-6-4-7-11-18)26(39-16-19-12-8-5-9-13-19)21(22(31)28(35)36-2)29(40-17)42-27-23(33)20(14-32)41-30(37-3)24(27)34/h4-13,17,20-27,29-30,32-34H,14-16H2,1-3H3/t17-,20+,21-,22+,23+,24+,25-,26-,27-,29+,30-/m0/s1. The van der Waals surface area contributed by atoms with Crippen molar-refractivity contribution in [2.45, 2.75) is 79.4 Å². The summed E-state index contributed by atoms with van der Waals surface area (Å²) in [6.45, 7) is 1.77. The maximum atomic E-state index is 13.0. The molecular formula is C30H39IO11. The maximum absolute atomic E-state index is 13.0. The molecule has 3 N–H and O–H groups in total. The van der Waals surface area contributed by atoms with E-state index in [1.54, 1.807) is 0 Å². The van der Waals surface area contributed by atoms with Gasteiger partial charge in [0.1, 0.15) is 34.4 Å². The van der Waals surface area contributed by atoms with Crippen LogP contribution in [0.2, 0.25) is 0 Å². The Labute approximate surface area is 259 Å². The van der Waals surface area contributed by atoms with Crippen LogP contribution in [0.15, 0.2) is 60.7 Å². The van der Waals surface area contributed by atoms with E-state index in [9.17, 15) is 20.1 Å². The Morgan fingerprint density at radius 3 is 1.95 bits per heavy atom. The first-order valence-corrected chi connectivity index (χ1v) is 15.0. The van der Waals surface area contributed by atoms with Gasteiger partial charge in [-0.25, -0.2) is 0 Å². The molecule has 2 aliphatic rings. The van der Waals surface area contributed by atoms with Crippen molar-refractivity contribution in [1.29, 1.82) is 0 Å². The molecule has 232 valence electrons. The van der Waals surface area contributed by atoms with Gasteiger partial charge in [-0.05, 0) is 18.1 Å². The fourth-order valence-corrected chi connectivity index (χ4v) is 6.25. The van der Waals surface area contributed by atoms with E-state index in [2.05, 4.69) is 0 Å². The third kappa shape index (κ3) is 7.86. The lowest BCUT2D eigenvalue weighted by atomic mass is 9.87. The number of hydrogen-bond donors (Lipinski definition) is 3. The molecule has 0 unspecified atom stereocenters. The molecule has 0 bridgehead atoms. The Morgan fingerprint density at radius 1 is 0.857 bits per heavy atom. The van der Waals surface area contributed by atoms with Crippen LogP contribution in [0.1, 0.15) is 18.1 Å². The maximum Gasteiger partial charge on any atom is 0.319 e. The van der Waals surface area contributed by atoms with Gasteiger partial charge >= 0.3 is 5.97 Å². The molecule has 0 amide bonds. The summed E-state index contributed by atoms with van der Waals surface area (Å²) >= 11 is 1.97. The minimum atomic E-state index is -1.42. The lowest BCUT2D eigenvalue weighted by molar-refractivity contribution is -0.353. The number of ether oxygens (including phenoxy) is 7. The minimum Gasteiger partial charge on any atom is -0.468 e. The highest BCUT2D eigenvalue weighted by Gasteiger charge is 2.54. The van der Waals surface area contributed by atoms with Crippen molar-refractivity contribution in [2.75, 3.05) is 20.8 Å². The molecule has 0 spiro atoms. The van der Waals surface area contributed by atoms with Crippen molar-refractivity contribution >= 4 is 28.6 Å². The predicted octanol–water partition coefficient (Wildman–Crippen LogP) is 1.97. The van der Waals surface area contributed by atoms with Gasteiger partial charge in [0, 0.05) is 7.11 Å². The number of carbonyl (C=O) groups excluding carboxylic acids is 1. The number of halogens is 1. The summed E-state index contributed by atoms with van der Waals surface area (Å²) in [6.07, 6.45) is -9.46. The quantitative estimate of drug-likeness (QED) is 0.170. The van der Waals surface area contributed by atoms with Crippen molar-refractivity contribution < 1.29 is 53.3 Å². The molecule has 2 aromatic rings. The number of alkyl halides is 1.